The highest BCUT2D eigenvalue weighted by molar-refractivity contribution is 9.10. The summed E-state index contributed by atoms with van der Waals surface area (Å²) in [6.45, 7) is 0. The smallest absolute Gasteiger partial charge is 0.303 e. The van der Waals surface area contributed by atoms with Gasteiger partial charge < -0.3 is 5.11 Å². The van der Waals surface area contributed by atoms with Crippen LogP contribution >= 0.6 is 15.9 Å². The largest absolute Gasteiger partial charge is 0.481 e. The maximum atomic E-state index is 13.4. The van der Waals surface area contributed by atoms with Gasteiger partial charge in [-0.05, 0) is 40.9 Å². The zero-order valence-corrected chi connectivity index (χ0v) is 11.0. The molecule has 3 nitrogen and oxygen atoms in total. The predicted octanol–water partition coefficient (Wildman–Crippen LogP) is 3.56. The summed E-state index contributed by atoms with van der Waals surface area (Å²) in [6.07, 6.45) is 0.639. The Labute approximate surface area is 111 Å². The minimum absolute atomic E-state index is 0.00523. The lowest BCUT2D eigenvalue weighted by Crippen LogP contribution is -2.04. The van der Waals surface area contributed by atoms with Crippen LogP contribution in [-0.2, 0) is 4.79 Å². The number of benzene rings is 1. The van der Waals surface area contributed by atoms with Crippen LogP contribution in [0.1, 0.15) is 36.0 Å². The van der Waals surface area contributed by atoms with Gasteiger partial charge in [-0.2, -0.15) is 0 Å². The molecular weight excluding hydrogens is 310 g/mol. The van der Waals surface area contributed by atoms with Crippen LogP contribution in [0.25, 0.3) is 0 Å². The summed E-state index contributed by atoms with van der Waals surface area (Å²) in [4.78, 5) is 21.9. The number of aliphatic carboxylic acids is 1. The van der Waals surface area contributed by atoms with Gasteiger partial charge in [-0.3, -0.25) is 9.59 Å². The van der Waals surface area contributed by atoms with Crippen LogP contribution in [0.5, 0.6) is 0 Å². The molecule has 0 aliphatic heterocycles. The van der Waals surface area contributed by atoms with E-state index in [2.05, 4.69) is 15.9 Å². The van der Waals surface area contributed by atoms with Crippen molar-refractivity contribution < 1.29 is 23.5 Å². The molecule has 0 atom stereocenters. The number of hydrogen-bond acceptors (Lipinski definition) is 2. The topological polar surface area (TPSA) is 54.4 Å². The first-order chi connectivity index (χ1) is 8.41. The Hall–Kier alpha value is -1.30. The number of rotatable bonds is 6. The Morgan fingerprint density at radius 3 is 2.33 bits per heavy atom. The molecule has 98 valence electrons. The van der Waals surface area contributed by atoms with E-state index in [1.54, 1.807) is 0 Å². The lowest BCUT2D eigenvalue weighted by molar-refractivity contribution is -0.137. The average Bonchev–Trinajstić information content (AvgIpc) is 2.28. The number of carbonyl (C=O) groups excluding carboxylic acids is 1. The molecule has 1 aromatic rings. The van der Waals surface area contributed by atoms with E-state index in [1.807, 2.05) is 0 Å². The molecule has 18 heavy (non-hydrogen) atoms. The predicted molar refractivity (Wildman–Crippen MR) is 64.5 cm³/mol. The Balaban J connectivity index is 2.62. The van der Waals surface area contributed by atoms with Gasteiger partial charge in [-0.1, -0.05) is 0 Å². The van der Waals surface area contributed by atoms with Gasteiger partial charge in [0.05, 0.1) is 10.0 Å². The highest BCUT2D eigenvalue weighted by Crippen LogP contribution is 2.21. The third-order valence-corrected chi connectivity index (χ3v) is 2.96. The molecule has 0 radical (unpaired) electrons. The molecule has 0 aliphatic rings. The van der Waals surface area contributed by atoms with Gasteiger partial charge in [-0.25, -0.2) is 8.78 Å². The molecule has 1 N–H and O–H groups in total. The second-order valence-corrected chi connectivity index (χ2v) is 4.62. The molecule has 0 fully saturated rings. The number of carbonyl (C=O) groups is 2. The van der Waals surface area contributed by atoms with Crippen molar-refractivity contribution in [3.8, 4) is 0 Å². The van der Waals surface area contributed by atoms with E-state index < -0.39 is 23.4 Å². The zero-order valence-electron chi connectivity index (χ0n) is 9.38. The number of halogens is 3. The van der Waals surface area contributed by atoms with Gasteiger partial charge in [0.1, 0.15) is 11.6 Å². The van der Waals surface area contributed by atoms with Crippen molar-refractivity contribution in [1.82, 2.24) is 0 Å². The van der Waals surface area contributed by atoms with Crippen LogP contribution in [-0.4, -0.2) is 16.9 Å². The maximum absolute atomic E-state index is 13.4. The van der Waals surface area contributed by atoms with E-state index in [-0.39, 0.29) is 22.9 Å². The molecule has 0 aliphatic carbocycles. The van der Waals surface area contributed by atoms with E-state index in [9.17, 15) is 18.4 Å². The van der Waals surface area contributed by atoms with Crippen molar-refractivity contribution in [3.05, 3.63) is 33.8 Å². The minimum atomic E-state index is -0.941. The summed E-state index contributed by atoms with van der Waals surface area (Å²) in [5, 5.41) is 8.41. The first-order valence-corrected chi connectivity index (χ1v) is 6.10. The highest BCUT2D eigenvalue weighted by Gasteiger charge is 2.15. The second-order valence-electron chi connectivity index (χ2n) is 3.77. The van der Waals surface area contributed by atoms with Crippen molar-refractivity contribution in [2.75, 3.05) is 0 Å². The number of Topliss-reactive ketones (excluding diaryl/α,β-unsaturated/α-hetero) is 1. The van der Waals surface area contributed by atoms with Crippen LogP contribution < -0.4 is 0 Å². The lowest BCUT2D eigenvalue weighted by Gasteiger charge is -2.04. The number of hydrogen-bond donors (Lipinski definition) is 1. The third-order valence-electron chi connectivity index (χ3n) is 2.35. The zero-order chi connectivity index (χ0) is 13.7. The molecule has 0 spiro atoms. The van der Waals surface area contributed by atoms with Crippen LogP contribution in [0.3, 0.4) is 0 Å². The molecular formula is C12H11BrF2O3. The van der Waals surface area contributed by atoms with E-state index in [0.29, 0.717) is 12.8 Å². The highest BCUT2D eigenvalue weighted by atomic mass is 79.9. The second kappa shape index (κ2) is 6.58. The van der Waals surface area contributed by atoms with Gasteiger partial charge >= 0.3 is 5.97 Å². The SMILES string of the molecule is O=C(O)CCCCC(=O)c1cc(F)c(Br)cc1F. The van der Waals surface area contributed by atoms with E-state index in [1.165, 1.54) is 0 Å². The lowest BCUT2D eigenvalue weighted by atomic mass is 10.0. The summed E-state index contributed by atoms with van der Waals surface area (Å²) in [7, 11) is 0. The molecule has 0 aromatic heterocycles. The van der Waals surface area contributed by atoms with Crippen LogP contribution in [0.15, 0.2) is 16.6 Å². The fraction of sp³-hybridized carbons (Fsp3) is 0.333. The van der Waals surface area contributed by atoms with Crippen LogP contribution in [0.2, 0.25) is 0 Å². The van der Waals surface area contributed by atoms with Crippen molar-refractivity contribution in [3.63, 3.8) is 0 Å². The van der Waals surface area contributed by atoms with Crippen molar-refractivity contribution >= 4 is 27.7 Å². The summed E-state index contributed by atoms with van der Waals surface area (Å²) < 4.78 is 26.5. The standard InChI is InChI=1S/C12H11BrF2O3/c13-8-6-9(14)7(5-10(8)15)11(16)3-1-2-4-12(17)18/h5-6H,1-4H2,(H,17,18). The maximum Gasteiger partial charge on any atom is 0.303 e. The quantitative estimate of drug-likeness (QED) is 0.495. The monoisotopic (exact) mass is 320 g/mol. The molecule has 6 heteroatoms. The van der Waals surface area contributed by atoms with Crippen LogP contribution in [0.4, 0.5) is 8.78 Å². The van der Waals surface area contributed by atoms with Crippen molar-refractivity contribution in [2.24, 2.45) is 0 Å². The fourth-order valence-electron chi connectivity index (χ4n) is 1.43. The molecule has 1 aromatic carbocycles. The average molecular weight is 321 g/mol. The number of carboxylic acids is 1. The normalized spacial score (nSPS) is 10.4. The van der Waals surface area contributed by atoms with Gasteiger partial charge in [-0.15, -0.1) is 0 Å². The van der Waals surface area contributed by atoms with E-state index in [4.69, 9.17) is 5.11 Å². The number of ketones is 1. The summed E-state index contributed by atoms with van der Waals surface area (Å²) in [6, 6.07) is 1.75. The molecule has 0 unspecified atom stereocenters. The molecule has 0 amide bonds. The molecule has 0 saturated carbocycles. The first kappa shape index (κ1) is 14.8. The van der Waals surface area contributed by atoms with Crippen molar-refractivity contribution in [1.29, 1.82) is 0 Å². The molecule has 0 saturated heterocycles. The molecule has 0 heterocycles. The number of carboxylic acid groups (broad SMARTS) is 1. The summed E-state index contributed by atoms with van der Waals surface area (Å²) in [5.41, 5.74) is -0.300. The Morgan fingerprint density at radius 1 is 1.11 bits per heavy atom. The first-order valence-electron chi connectivity index (χ1n) is 5.31. The van der Waals surface area contributed by atoms with E-state index >= 15 is 0 Å². The van der Waals surface area contributed by atoms with Gasteiger partial charge in [0.25, 0.3) is 0 Å². The van der Waals surface area contributed by atoms with Crippen molar-refractivity contribution in [2.45, 2.75) is 25.7 Å². The van der Waals surface area contributed by atoms with Crippen LogP contribution in [0, 0.1) is 11.6 Å². The Morgan fingerprint density at radius 2 is 1.72 bits per heavy atom. The molecule has 0 bridgehead atoms. The van der Waals surface area contributed by atoms with E-state index in [0.717, 1.165) is 12.1 Å². The summed E-state index contributed by atoms with van der Waals surface area (Å²) >= 11 is 2.82. The Bertz CT molecular complexity index is 475. The third kappa shape index (κ3) is 4.18. The fourth-order valence-corrected chi connectivity index (χ4v) is 1.75. The van der Waals surface area contributed by atoms with Gasteiger partial charge in [0.2, 0.25) is 0 Å². The summed E-state index contributed by atoms with van der Waals surface area (Å²) in [5.74, 6) is -2.95. The van der Waals surface area contributed by atoms with Gasteiger partial charge in [0.15, 0.2) is 5.78 Å². The van der Waals surface area contributed by atoms with Gasteiger partial charge in [0, 0.05) is 12.8 Å². The molecule has 1 rings (SSSR count). The minimum Gasteiger partial charge on any atom is -0.481 e. The number of unbranched alkanes of at least 4 members (excludes halogenated alkanes) is 1. The Kier molecular flexibility index (Phi) is 5.40.